The maximum atomic E-state index is 10.5. The summed E-state index contributed by atoms with van der Waals surface area (Å²) in [6, 6.07) is 6.65. The number of benzene rings is 1. The van der Waals surface area contributed by atoms with Gasteiger partial charge in [-0.1, -0.05) is 25.1 Å². The molecule has 116 valence electrons. The lowest BCUT2D eigenvalue weighted by Crippen LogP contribution is -2.35. The van der Waals surface area contributed by atoms with Gasteiger partial charge in [0.05, 0.1) is 6.10 Å². The topological polar surface area (TPSA) is 23.5 Å². The van der Waals surface area contributed by atoms with E-state index in [-0.39, 0.29) is 6.10 Å². The number of nitrogens with zero attached hydrogens (tertiary/aromatic N) is 1. The molecule has 2 nitrogen and oxygen atoms in total. The fraction of sp³-hybridized carbons (Fsp3) is 0.684. The number of aliphatic hydroxyl groups excluding tert-OH is 1. The molecule has 3 rings (SSSR count). The molecule has 2 aliphatic rings. The van der Waals surface area contributed by atoms with Crippen LogP contribution in [0.2, 0.25) is 0 Å². The van der Waals surface area contributed by atoms with Crippen molar-refractivity contribution in [2.75, 3.05) is 19.6 Å². The molecule has 1 aromatic rings. The highest BCUT2D eigenvalue weighted by molar-refractivity contribution is 5.34. The molecule has 2 heteroatoms. The average molecular weight is 287 g/mol. The number of fused-ring (bicyclic) bond motifs is 1. The zero-order valence-electron chi connectivity index (χ0n) is 13.4. The Bertz CT molecular complexity index is 471. The summed E-state index contributed by atoms with van der Waals surface area (Å²) in [7, 11) is 0. The summed E-state index contributed by atoms with van der Waals surface area (Å²) < 4.78 is 0. The van der Waals surface area contributed by atoms with Crippen LogP contribution in [0.15, 0.2) is 18.2 Å². The lowest BCUT2D eigenvalue weighted by Gasteiger charge is -2.31. The van der Waals surface area contributed by atoms with Crippen molar-refractivity contribution in [2.24, 2.45) is 5.92 Å². The highest BCUT2D eigenvalue weighted by atomic mass is 16.3. The molecule has 0 radical (unpaired) electrons. The first kappa shape index (κ1) is 15.1. The molecule has 2 atom stereocenters. The molecule has 21 heavy (non-hydrogen) atoms. The molecule has 0 saturated carbocycles. The average Bonchev–Trinajstić information content (AvgIpc) is 2.52. The summed E-state index contributed by atoms with van der Waals surface area (Å²) in [6.45, 7) is 5.78. The smallest absolute Gasteiger partial charge is 0.0802 e. The fourth-order valence-corrected chi connectivity index (χ4v) is 3.92. The molecule has 1 aliphatic heterocycles. The number of rotatable bonds is 4. The van der Waals surface area contributed by atoms with Crippen LogP contribution in [-0.4, -0.2) is 29.6 Å². The van der Waals surface area contributed by atoms with E-state index in [1.165, 1.54) is 62.7 Å². The van der Waals surface area contributed by atoms with E-state index in [4.69, 9.17) is 0 Å². The molecule has 1 aliphatic carbocycles. The Kier molecular flexibility index (Phi) is 4.97. The minimum absolute atomic E-state index is 0.297. The first-order valence-corrected chi connectivity index (χ1v) is 8.74. The normalized spacial score (nSPS) is 24.6. The van der Waals surface area contributed by atoms with Gasteiger partial charge in [0.1, 0.15) is 0 Å². The summed E-state index contributed by atoms with van der Waals surface area (Å²) in [4.78, 5) is 2.52. The summed E-state index contributed by atoms with van der Waals surface area (Å²) in [5.41, 5.74) is 4.10. The van der Waals surface area contributed by atoms with Gasteiger partial charge in [0.15, 0.2) is 0 Å². The largest absolute Gasteiger partial charge is 0.388 e. The minimum atomic E-state index is -0.297. The van der Waals surface area contributed by atoms with Gasteiger partial charge in [-0.3, -0.25) is 0 Å². The van der Waals surface area contributed by atoms with Crippen LogP contribution in [0.25, 0.3) is 0 Å². The molecule has 1 aromatic carbocycles. The molecule has 0 spiro atoms. The van der Waals surface area contributed by atoms with Crippen molar-refractivity contribution in [3.63, 3.8) is 0 Å². The van der Waals surface area contributed by atoms with Crippen LogP contribution in [0.4, 0.5) is 0 Å². The van der Waals surface area contributed by atoms with Gasteiger partial charge < -0.3 is 10.0 Å². The Balaban J connectivity index is 1.56. The van der Waals surface area contributed by atoms with Crippen molar-refractivity contribution >= 4 is 0 Å². The van der Waals surface area contributed by atoms with Crippen molar-refractivity contribution in [3.8, 4) is 0 Å². The number of hydrogen-bond donors (Lipinski definition) is 1. The van der Waals surface area contributed by atoms with Gasteiger partial charge in [-0.25, -0.2) is 0 Å². The first-order valence-electron chi connectivity index (χ1n) is 8.74. The van der Waals surface area contributed by atoms with Crippen LogP contribution in [0.5, 0.6) is 0 Å². The van der Waals surface area contributed by atoms with Gasteiger partial charge in [-0.15, -0.1) is 0 Å². The molecular weight excluding hydrogens is 258 g/mol. The fourth-order valence-electron chi connectivity index (χ4n) is 3.92. The number of aliphatic hydroxyl groups is 1. The maximum absolute atomic E-state index is 10.5. The van der Waals surface area contributed by atoms with E-state index in [1.54, 1.807) is 0 Å². The number of hydrogen-bond acceptors (Lipinski definition) is 2. The summed E-state index contributed by atoms with van der Waals surface area (Å²) in [5.74, 6) is 0.819. The van der Waals surface area contributed by atoms with E-state index in [9.17, 15) is 5.11 Å². The van der Waals surface area contributed by atoms with E-state index in [0.717, 1.165) is 24.4 Å². The first-order chi connectivity index (χ1) is 10.2. The third-order valence-electron chi connectivity index (χ3n) is 5.22. The maximum Gasteiger partial charge on any atom is 0.0802 e. The van der Waals surface area contributed by atoms with E-state index >= 15 is 0 Å². The molecule has 1 heterocycles. The van der Waals surface area contributed by atoms with Crippen LogP contribution < -0.4 is 0 Å². The molecule has 0 aromatic heterocycles. The van der Waals surface area contributed by atoms with E-state index in [1.807, 2.05) is 0 Å². The van der Waals surface area contributed by atoms with Crippen molar-refractivity contribution in [2.45, 2.75) is 58.0 Å². The van der Waals surface area contributed by atoms with E-state index < -0.39 is 0 Å². The van der Waals surface area contributed by atoms with Crippen LogP contribution >= 0.6 is 0 Å². The molecule has 1 fully saturated rings. The summed E-state index contributed by atoms with van der Waals surface area (Å²) in [6.07, 6.45) is 8.29. The lowest BCUT2D eigenvalue weighted by atomic mass is 9.89. The number of piperidine rings is 1. The lowest BCUT2D eigenvalue weighted by molar-refractivity contribution is 0.122. The Morgan fingerprint density at radius 1 is 1.19 bits per heavy atom. The summed E-state index contributed by atoms with van der Waals surface area (Å²) in [5, 5.41) is 10.5. The van der Waals surface area contributed by atoms with Gasteiger partial charge >= 0.3 is 0 Å². The van der Waals surface area contributed by atoms with Crippen molar-refractivity contribution in [1.29, 1.82) is 0 Å². The monoisotopic (exact) mass is 287 g/mol. The van der Waals surface area contributed by atoms with Crippen LogP contribution in [-0.2, 0) is 12.8 Å². The number of aryl methyl sites for hydroxylation is 2. The second-order valence-corrected chi connectivity index (χ2v) is 7.09. The molecule has 1 N–H and O–H groups in total. The Hall–Kier alpha value is -0.860. The van der Waals surface area contributed by atoms with Crippen LogP contribution in [0.1, 0.15) is 61.8 Å². The molecule has 1 saturated heterocycles. The third kappa shape index (κ3) is 3.87. The number of likely N-dealkylation sites (tertiary alicyclic amines) is 1. The van der Waals surface area contributed by atoms with Crippen molar-refractivity contribution in [3.05, 3.63) is 34.9 Å². The molecule has 2 unspecified atom stereocenters. The third-order valence-corrected chi connectivity index (χ3v) is 5.22. The Morgan fingerprint density at radius 3 is 2.81 bits per heavy atom. The summed E-state index contributed by atoms with van der Waals surface area (Å²) >= 11 is 0. The predicted molar refractivity (Wildman–Crippen MR) is 87.5 cm³/mol. The van der Waals surface area contributed by atoms with Crippen LogP contribution in [0.3, 0.4) is 0 Å². The SMILES string of the molecule is CC1CCCN(CCC(O)c2ccc3c(c2)CCCC3)C1. The van der Waals surface area contributed by atoms with Gasteiger partial charge in [0, 0.05) is 13.1 Å². The van der Waals surface area contributed by atoms with Crippen molar-refractivity contribution < 1.29 is 5.11 Å². The second-order valence-electron chi connectivity index (χ2n) is 7.09. The Morgan fingerprint density at radius 2 is 2.00 bits per heavy atom. The molecule has 0 bridgehead atoms. The standard InChI is InChI=1S/C19H29NO/c1-15-5-4-11-20(14-15)12-10-19(21)18-9-8-16-6-2-3-7-17(16)13-18/h8-9,13,15,19,21H,2-7,10-12,14H2,1H3. The molecular formula is C19H29NO. The van der Waals surface area contributed by atoms with Gasteiger partial charge in [-0.2, -0.15) is 0 Å². The van der Waals surface area contributed by atoms with E-state index in [0.29, 0.717) is 0 Å². The zero-order chi connectivity index (χ0) is 14.7. The highest BCUT2D eigenvalue weighted by Gasteiger charge is 2.18. The Labute approximate surface area is 129 Å². The predicted octanol–water partition coefficient (Wildman–Crippen LogP) is 3.72. The van der Waals surface area contributed by atoms with Gasteiger partial charge in [0.2, 0.25) is 0 Å². The van der Waals surface area contributed by atoms with Crippen LogP contribution in [0, 0.1) is 5.92 Å². The molecule has 0 amide bonds. The second kappa shape index (κ2) is 6.93. The minimum Gasteiger partial charge on any atom is -0.388 e. The zero-order valence-corrected chi connectivity index (χ0v) is 13.4. The van der Waals surface area contributed by atoms with Gasteiger partial charge in [-0.05, 0) is 74.1 Å². The van der Waals surface area contributed by atoms with Gasteiger partial charge in [0.25, 0.3) is 0 Å². The quantitative estimate of drug-likeness (QED) is 0.912. The highest BCUT2D eigenvalue weighted by Crippen LogP contribution is 2.26. The van der Waals surface area contributed by atoms with Crippen molar-refractivity contribution in [1.82, 2.24) is 4.90 Å². The van der Waals surface area contributed by atoms with E-state index in [2.05, 4.69) is 30.0 Å².